The molecule has 0 saturated heterocycles. The zero-order valence-corrected chi connectivity index (χ0v) is 9.22. The average molecular weight is 222 g/mol. The van der Waals surface area contributed by atoms with Gasteiger partial charge in [0.1, 0.15) is 0 Å². The number of nitrogens with one attached hydrogen (secondary N) is 2. The Hall–Kier alpha value is -1.45. The van der Waals surface area contributed by atoms with Gasteiger partial charge in [-0.3, -0.25) is 0 Å². The third kappa shape index (κ3) is 1.58. The monoisotopic (exact) mass is 222 g/mol. The van der Waals surface area contributed by atoms with Crippen molar-refractivity contribution in [2.24, 2.45) is 5.92 Å². The summed E-state index contributed by atoms with van der Waals surface area (Å²) in [5.41, 5.74) is 1.77. The highest BCUT2D eigenvalue weighted by Crippen LogP contribution is 2.39. The molecular weight excluding hydrogens is 207 g/mol. The third-order valence-electron chi connectivity index (χ3n) is 3.34. The maximum atomic E-state index is 13.5. The fraction of sp³-hybridized carbons (Fsp3) is 0.500. The lowest BCUT2D eigenvalue weighted by Crippen LogP contribution is -2.34. The van der Waals surface area contributed by atoms with E-state index in [4.69, 9.17) is 4.74 Å². The normalized spacial score (nSPS) is 23.0. The number of hydrogen-bond donors (Lipinski definition) is 2. The molecule has 2 N–H and O–H groups in total. The Morgan fingerprint density at radius 3 is 2.81 bits per heavy atom. The molecule has 1 fully saturated rings. The molecule has 4 heteroatoms. The molecule has 1 atom stereocenters. The summed E-state index contributed by atoms with van der Waals surface area (Å²) in [4.78, 5) is 0. The highest BCUT2D eigenvalue weighted by Gasteiger charge is 2.33. The van der Waals surface area contributed by atoms with Crippen molar-refractivity contribution in [1.29, 1.82) is 0 Å². The summed E-state index contributed by atoms with van der Waals surface area (Å²) in [6.45, 7) is 0.878. The van der Waals surface area contributed by atoms with Crippen molar-refractivity contribution in [2.45, 2.75) is 18.9 Å². The molecule has 16 heavy (non-hydrogen) atoms. The summed E-state index contributed by atoms with van der Waals surface area (Å²) in [6.07, 6.45) is 2.60. The van der Waals surface area contributed by atoms with Crippen LogP contribution in [0.5, 0.6) is 5.75 Å². The lowest BCUT2D eigenvalue weighted by atomic mass is 10.1. The minimum atomic E-state index is -0.319. The molecule has 0 aromatic heterocycles. The molecule has 1 unspecified atom stereocenters. The quantitative estimate of drug-likeness (QED) is 0.806. The number of ether oxygens (including phenoxy) is 1. The molecule has 1 aliphatic heterocycles. The van der Waals surface area contributed by atoms with E-state index >= 15 is 0 Å². The Labute approximate surface area is 94.0 Å². The fourth-order valence-electron chi connectivity index (χ4n) is 2.23. The van der Waals surface area contributed by atoms with Crippen LogP contribution in [0.2, 0.25) is 0 Å². The minimum Gasteiger partial charge on any atom is -0.494 e. The molecule has 0 amide bonds. The summed E-state index contributed by atoms with van der Waals surface area (Å²) in [5.74, 6) is 0.751. The van der Waals surface area contributed by atoms with Crippen LogP contribution in [-0.4, -0.2) is 19.7 Å². The Balaban J connectivity index is 1.90. The Morgan fingerprint density at radius 1 is 1.31 bits per heavy atom. The molecule has 1 aliphatic carbocycles. The number of anilines is 2. The minimum absolute atomic E-state index is 0.296. The van der Waals surface area contributed by atoms with Crippen LogP contribution < -0.4 is 15.4 Å². The maximum Gasteiger partial charge on any atom is 0.167 e. The van der Waals surface area contributed by atoms with Crippen molar-refractivity contribution in [2.75, 3.05) is 24.3 Å². The van der Waals surface area contributed by atoms with Gasteiger partial charge in [0.15, 0.2) is 11.6 Å². The van der Waals surface area contributed by atoms with Gasteiger partial charge in [-0.15, -0.1) is 0 Å². The van der Waals surface area contributed by atoms with Crippen LogP contribution in [-0.2, 0) is 0 Å². The molecule has 3 nitrogen and oxygen atoms in total. The largest absolute Gasteiger partial charge is 0.494 e. The molecule has 0 bridgehead atoms. The predicted octanol–water partition coefficient (Wildman–Crippen LogP) is 2.45. The summed E-state index contributed by atoms with van der Waals surface area (Å²) >= 11 is 0. The highest BCUT2D eigenvalue weighted by molar-refractivity contribution is 5.73. The van der Waals surface area contributed by atoms with Gasteiger partial charge in [-0.2, -0.15) is 0 Å². The average Bonchev–Trinajstić information content (AvgIpc) is 3.11. The highest BCUT2D eigenvalue weighted by atomic mass is 19.1. The van der Waals surface area contributed by atoms with Gasteiger partial charge in [-0.1, -0.05) is 0 Å². The van der Waals surface area contributed by atoms with Gasteiger partial charge in [0, 0.05) is 24.7 Å². The second-order valence-electron chi connectivity index (χ2n) is 4.50. The van der Waals surface area contributed by atoms with Crippen molar-refractivity contribution in [3.63, 3.8) is 0 Å². The van der Waals surface area contributed by atoms with Crippen LogP contribution in [0.1, 0.15) is 12.8 Å². The first-order valence-corrected chi connectivity index (χ1v) is 5.66. The van der Waals surface area contributed by atoms with Crippen LogP contribution >= 0.6 is 0 Å². The molecule has 2 aliphatic rings. The molecule has 3 rings (SSSR count). The van der Waals surface area contributed by atoms with Gasteiger partial charge < -0.3 is 15.4 Å². The summed E-state index contributed by atoms with van der Waals surface area (Å²) in [6, 6.07) is 3.69. The van der Waals surface area contributed by atoms with Gasteiger partial charge in [0.2, 0.25) is 0 Å². The number of methoxy groups -OCH3 is 1. The van der Waals surface area contributed by atoms with Gasteiger partial charge in [0.25, 0.3) is 0 Å². The third-order valence-corrected chi connectivity index (χ3v) is 3.34. The number of benzene rings is 1. The zero-order chi connectivity index (χ0) is 11.1. The maximum absolute atomic E-state index is 13.5. The predicted molar refractivity (Wildman–Crippen MR) is 61.6 cm³/mol. The molecular formula is C12H15FN2O. The molecule has 1 aromatic rings. The first kappa shape index (κ1) is 9.75. The van der Waals surface area contributed by atoms with Crippen molar-refractivity contribution < 1.29 is 9.13 Å². The first-order valence-electron chi connectivity index (χ1n) is 5.66. The van der Waals surface area contributed by atoms with Gasteiger partial charge >= 0.3 is 0 Å². The smallest absolute Gasteiger partial charge is 0.167 e. The van der Waals surface area contributed by atoms with Crippen molar-refractivity contribution in [3.05, 3.63) is 17.9 Å². The van der Waals surface area contributed by atoms with E-state index in [2.05, 4.69) is 10.6 Å². The number of halogens is 1. The number of hydrogen-bond acceptors (Lipinski definition) is 3. The second-order valence-corrected chi connectivity index (χ2v) is 4.50. The van der Waals surface area contributed by atoms with Crippen LogP contribution in [0.25, 0.3) is 0 Å². The van der Waals surface area contributed by atoms with Crippen LogP contribution in [0.15, 0.2) is 12.1 Å². The van der Waals surface area contributed by atoms with Crippen molar-refractivity contribution in [1.82, 2.24) is 0 Å². The lowest BCUT2D eigenvalue weighted by molar-refractivity contribution is 0.386. The van der Waals surface area contributed by atoms with E-state index in [1.807, 2.05) is 0 Å². The van der Waals surface area contributed by atoms with Crippen molar-refractivity contribution in [3.8, 4) is 5.75 Å². The van der Waals surface area contributed by atoms with Gasteiger partial charge in [0.05, 0.1) is 18.5 Å². The topological polar surface area (TPSA) is 33.3 Å². The Kier molecular flexibility index (Phi) is 2.16. The van der Waals surface area contributed by atoms with Crippen LogP contribution in [0.3, 0.4) is 0 Å². The molecule has 0 spiro atoms. The van der Waals surface area contributed by atoms with E-state index in [1.54, 1.807) is 6.07 Å². The fourth-order valence-corrected chi connectivity index (χ4v) is 2.23. The Bertz CT molecular complexity index is 418. The van der Waals surface area contributed by atoms with Gasteiger partial charge in [-0.05, 0) is 18.8 Å². The summed E-state index contributed by atoms with van der Waals surface area (Å²) in [5, 5.41) is 6.72. The number of rotatable bonds is 2. The summed E-state index contributed by atoms with van der Waals surface area (Å²) < 4.78 is 18.4. The van der Waals surface area contributed by atoms with E-state index in [0.717, 1.165) is 23.8 Å². The number of fused-ring (bicyclic) bond motifs is 1. The Morgan fingerprint density at radius 2 is 2.12 bits per heavy atom. The van der Waals surface area contributed by atoms with E-state index in [0.29, 0.717) is 11.8 Å². The first-order chi connectivity index (χ1) is 7.78. The SMILES string of the molecule is COc1cc2c(cc1F)NCC(C1CC1)N2. The second kappa shape index (κ2) is 3.54. The summed E-state index contributed by atoms with van der Waals surface area (Å²) in [7, 11) is 1.49. The molecule has 1 saturated carbocycles. The van der Waals surface area contributed by atoms with E-state index in [9.17, 15) is 4.39 Å². The van der Waals surface area contributed by atoms with Crippen molar-refractivity contribution >= 4 is 11.4 Å². The lowest BCUT2D eigenvalue weighted by Gasteiger charge is -2.28. The molecule has 1 heterocycles. The van der Waals surface area contributed by atoms with E-state index in [-0.39, 0.29) is 5.82 Å². The molecule has 1 aromatic carbocycles. The van der Waals surface area contributed by atoms with E-state index < -0.39 is 0 Å². The van der Waals surface area contributed by atoms with E-state index in [1.165, 1.54) is 26.0 Å². The molecule has 0 radical (unpaired) electrons. The van der Waals surface area contributed by atoms with Crippen LogP contribution in [0.4, 0.5) is 15.8 Å². The standard InChI is InChI=1S/C12H15FN2O/c1-16-12-5-10-9(4-8(12)13)14-6-11(15-10)7-2-3-7/h4-5,7,11,14-15H,2-3,6H2,1H3. The zero-order valence-electron chi connectivity index (χ0n) is 9.22. The molecule has 86 valence electrons. The van der Waals surface area contributed by atoms with Gasteiger partial charge in [-0.25, -0.2) is 4.39 Å². The van der Waals surface area contributed by atoms with Crippen LogP contribution in [0, 0.1) is 11.7 Å².